The number of aryl methyl sites for hydroxylation is 1. The second-order valence-electron chi connectivity index (χ2n) is 5.59. The monoisotopic (exact) mass is 334 g/mol. The van der Waals surface area contributed by atoms with E-state index in [-0.39, 0.29) is 17.4 Å². The normalized spacial score (nSPS) is 16.5. The van der Waals surface area contributed by atoms with Crippen LogP contribution in [0.25, 0.3) is 0 Å². The molecule has 0 saturated carbocycles. The van der Waals surface area contributed by atoms with E-state index in [1.807, 2.05) is 0 Å². The van der Waals surface area contributed by atoms with E-state index in [0.717, 1.165) is 12.2 Å². The lowest BCUT2D eigenvalue weighted by Crippen LogP contribution is -2.41. The highest BCUT2D eigenvalue weighted by atomic mass is 19.1. The molecular weight excluding hydrogens is 315 g/mol. The molecule has 1 atom stereocenters. The van der Waals surface area contributed by atoms with Gasteiger partial charge in [-0.15, -0.1) is 0 Å². The van der Waals surface area contributed by atoms with E-state index in [0.29, 0.717) is 25.4 Å². The van der Waals surface area contributed by atoms with Crippen molar-refractivity contribution >= 4 is 5.91 Å². The first-order valence-corrected chi connectivity index (χ1v) is 7.67. The molecule has 1 aliphatic rings. The number of nitrogens with one attached hydrogen (secondary N) is 1. The molecule has 1 aromatic heterocycles. The zero-order chi connectivity index (χ0) is 17.1. The van der Waals surface area contributed by atoms with Gasteiger partial charge in [0.2, 0.25) is 0 Å². The Labute approximate surface area is 138 Å². The number of carbonyl (C=O) groups is 1. The molecule has 1 amide bonds. The Hall–Kier alpha value is -2.48. The van der Waals surface area contributed by atoms with Crippen LogP contribution in [0, 0.1) is 5.82 Å². The molecule has 0 spiro atoms. The number of halogens is 1. The van der Waals surface area contributed by atoms with Gasteiger partial charge in [-0.05, 0) is 18.6 Å². The number of fused-ring (bicyclic) bond motifs is 1. The van der Waals surface area contributed by atoms with Crippen LogP contribution in [0.5, 0.6) is 5.75 Å². The van der Waals surface area contributed by atoms with Crippen LogP contribution in [0.15, 0.2) is 18.2 Å². The second kappa shape index (κ2) is 6.96. The maximum Gasteiger partial charge on any atom is 0.254 e. The number of methoxy groups -OCH3 is 2. The molecule has 0 radical (unpaired) electrons. The Bertz CT molecular complexity index is 747. The molecule has 24 heavy (non-hydrogen) atoms. The van der Waals surface area contributed by atoms with Crippen molar-refractivity contribution in [2.45, 2.75) is 32.0 Å². The summed E-state index contributed by atoms with van der Waals surface area (Å²) in [6.45, 7) is 0.857. The Kier molecular flexibility index (Phi) is 4.75. The molecule has 0 aliphatic carbocycles. The average Bonchev–Trinajstić information content (AvgIpc) is 2.97. The smallest absolute Gasteiger partial charge is 0.254 e. The zero-order valence-corrected chi connectivity index (χ0v) is 13.6. The van der Waals surface area contributed by atoms with Gasteiger partial charge in [0.05, 0.1) is 19.2 Å². The molecule has 3 rings (SSSR count). The van der Waals surface area contributed by atoms with Crippen LogP contribution in [0.1, 0.15) is 28.4 Å². The van der Waals surface area contributed by atoms with Crippen molar-refractivity contribution in [1.29, 1.82) is 0 Å². The van der Waals surface area contributed by atoms with Gasteiger partial charge in [-0.25, -0.2) is 14.1 Å². The number of ether oxygens (including phenoxy) is 2. The van der Waals surface area contributed by atoms with E-state index < -0.39 is 11.7 Å². The first-order valence-electron chi connectivity index (χ1n) is 7.67. The van der Waals surface area contributed by atoms with Gasteiger partial charge < -0.3 is 14.8 Å². The predicted octanol–water partition coefficient (Wildman–Crippen LogP) is 1.32. The third-order valence-corrected chi connectivity index (χ3v) is 3.94. The molecule has 1 N–H and O–H groups in total. The minimum absolute atomic E-state index is 0.0289. The summed E-state index contributed by atoms with van der Waals surface area (Å²) in [5, 5.41) is 7.21. The number of rotatable bonds is 5. The summed E-state index contributed by atoms with van der Waals surface area (Å²) in [4.78, 5) is 16.7. The van der Waals surface area contributed by atoms with E-state index in [1.165, 1.54) is 19.2 Å². The molecule has 0 unspecified atom stereocenters. The van der Waals surface area contributed by atoms with Crippen molar-refractivity contribution in [2.75, 3.05) is 14.2 Å². The van der Waals surface area contributed by atoms with Crippen LogP contribution < -0.4 is 10.1 Å². The van der Waals surface area contributed by atoms with E-state index in [1.54, 1.807) is 17.9 Å². The van der Waals surface area contributed by atoms with Crippen molar-refractivity contribution in [3.05, 3.63) is 41.2 Å². The molecule has 1 aromatic carbocycles. The van der Waals surface area contributed by atoms with E-state index in [4.69, 9.17) is 9.47 Å². The van der Waals surface area contributed by atoms with Crippen molar-refractivity contribution in [2.24, 2.45) is 0 Å². The number of amides is 1. The lowest BCUT2D eigenvalue weighted by Gasteiger charge is -2.23. The number of aromatic nitrogens is 3. The van der Waals surface area contributed by atoms with Crippen LogP contribution in [-0.4, -0.2) is 40.9 Å². The van der Waals surface area contributed by atoms with Crippen LogP contribution >= 0.6 is 0 Å². The van der Waals surface area contributed by atoms with Gasteiger partial charge in [0, 0.05) is 19.6 Å². The molecule has 0 fully saturated rings. The molecule has 8 heteroatoms. The van der Waals surface area contributed by atoms with Crippen LogP contribution in [-0.2, 0) is 24.3 Å². The maximum absolute atomic E-state index is 14.2. The Balaban J connectivity index is 1.69. The molecule has 1 aliphatic heterocycles. The van der Waals surface area contributed by atoms with Crippen LogP contribution in [0.4, 0.5) is 4.39 Å². The summed E-state index contributed by atoms with van der Waals surface area (Å²) in [6, 6.07) is 4.37. The van der Waals surface area contributed by atoms with Crippen molar-refractivity contribution in [1.82, 2.24) is 20.1 Å². The lowest BCUT2D eigenvalue weighted by molar-refractivity contribution is 0.0921. The standard InChI is InChI=1S/C16H19FN4O3/c1-23-9-13-19-14-7-6-10(8-21(14)20-13)18-16(22)11-4-3-5-12(24-2)15(11)17/h3-5,10H,6-9H2,1-2H3,(H,18,22)/t10-/m1/s1. The average molecular weight is 334 g/mol. The fourth-order valence-electron chi connectivity index (χ4n) is 2.78. The molecule has 7 nitrogen and oxygen atoms in total. The minimum atomic E-state index is -0.655. The number of hydrogen-bond acceptors (Lipinski definition) is 5. The third kappa shape index (κ3) is 3.23. The van der Waals surface area contributed by atoms with Gasteiger partial charge in [-0.3, -0.25) is 4.79 Å². The summed E-state index contributed by atoms with van der Waals surface area (Å²) in [7, 11) is 2.96. The summed E-state index contributed by atoms with van der Waals surface area (Å²) in [5.74, 6) is 0.432. The van der Waals surface area contributed by atoms with Crippen molar-refractivity contribution in [3.63, 3.8) is 0 Å². The lowest BCUT2D eigenvalue weighted by atomic mass is 10.1. The van der Waals surface area contributed by atoms with Crippen LogP contribution in [0.3, 0.4) is 0 Å². The molecule has 0 bridgehead atoms. The number of hydrogen-bond donors (Lipinski definition) is 1. The highest BCUT2D eigenvalue weighted by Crippen LogP contribution is 2.20. The van der Waals surface area contributed by atoms with Crippen molar-refractivity contribution < 1.29 is 18.7 Å². The van der Waals surface area contributed by atoms with E-state index in [2.05, 4.69) is 15.4 Å². The Morgan fingerprint density at radius 1 is 1.46 bits per heavy atom. The van der Waals surface area contributed by atoms with E-state index in [9.17, 15) is 9.18 Å². The Morgan fingerprint density at radius 3 is 3.04 bits per heavy atom. The van der Waals surface area contributed by atoms with Crippen molar-refractivity contribution in [3.8, 4) is 5.75 Å². The zero-order valence-electron chi connectivity index (χ0n) is 13.6. The van der Waals surface area contributed by atoms with E-state index >= 15 is 0 Å². The summed E-state index contributed by atoms with van der Waals surface area (Å²) < 4.78 is 25.9. The fraction of sp³-hybridized carbons (Fsp3) is 0.438. The van der Waals surface area contributed by atoms with Gasteiger partial charge in [0.25, 0.3) is 5.91 Å². The third-order valence-electron chi connectivity index (χ3n) is 3.94. The minimum Gasteiger partial charge on any atom is -0.494 e. The predicted molar refractivity (Wildman–Crippen MR) is 83.3 cm³/mol. The summed E-state index contributed by atoms with van der Waals surface area (Å²) in [6.07, 6.45) is 1.42. The highest BCUT2D eigenvalue weighted by molar-refractivity contribution is 5.95. The molecule has 2 heterocycles. The molecule has 128 valence electrons. The maximum atomic E-state index is 14.2. The molecule has 2 aromatic rings. The largest absolute Gasteiger partial charge is 0.494 e. The SMILES string of the molecule is COCc1nc2n(n1)C[C@H](NC(=O)c1cccc(OC)c1F)CC2. The Morgan fingerprint density at radius 2 is 2.29 bits per heavy atom. The van der Waals surface area contributed by atoms with Gasteiger partial charge in [0.15, 0.2) is 17.4 Å². The summed E-state index contributed by atoms with van der Waals surface area (Å²) in [5.41, 5.74) is -0.0289. The molecule has 0 saturated heterocycles. The first kappa shape index (κ1) is 16.4. The summed E-state index contributed by atoms with van der Waals surface area (Å²) >= 11 is 0. The van der Waals surface area contributed by atoms with Gasteiger partial charge in [-0.1, -0.05) is 6.07 Å². The quantitative estimate of drug-likeness (QED) is 0.892. The highest BCUT2D eigenvalue weighted by Gasteiger charge is 2.24. The number of carbonyl (C=O) groups excluding carboxylic acids is 1. The number of nitrogens with zero attached hydrogens (tertiary/aromatic N) is 3. The first-order chi connectivity index (χ1) is 11.6. The van der Waals surface area contributed by atoms with Gasteiger partial charge in [-0.2, -0.15) is 5.10 Å². The topological polar surface area (TPSA) is 78.3 Å². The second-order valence-corrected chi connectivity index (χ2v) is 5.59. The van der Waals surface area contributed by atoms with Gasteiger partial charge in [0.1, 0.15) is 12.4 Å². The molecular formula is C16H19FN4O3. The number of benzene rings is 1. The van der Waals surface area contributed by atoms with Gasteiger partial charge >= 0.3 is 0 Å². The van der Waals surface area contributed by atoms with Crippen LogP contribution in [0.2, 0.25) is 0 Å². The fourth-order valence-corrected chi connectivity index (χ4v) is 2.78.